The van der Waals surface area contributed by atoms with Gasteiger partial charge < -0.3 is 0 Å². The van der Waals surface area contributed by atoms with Gasteiger partial charge in [-0.2, -0.15) is 0 Å². The Bertz CT molecular complexity index is 235. The minimum absolute atomic E-state index is 0.408. The topological polar surface area (TPSA) is 12.9 Å². The first-order valence-electron chi connectivity index (χ1n) is 3.73. The molecule has 0 saturated heterocycles. The van der Waals surface area contributed by atoms with Crippen molar-refractivity contribution in [1.82, 2.24) is 4.98 Å². The monoisotopic (exact) mass is 169 g/mol. The van der Waals surface area contributed by atoms with Crippen LogP contribution in [0.3, 0.4) is 0 Å². The van der Waals surface area contributed by atoms with Gasteiger partial charge in [-0.05, 0) is 24.5 Å². The number of hydrogen-bond donors (Lipinski definition) is 0. The van der Waals surface area contributed by atoms with Gasteiger partial charge in [0, 0.05) is 17.8 Å². The second kappa shape index (κ2) is 3.72. The first-order chi connectivity index (χ1) is 5.25. The standard InChI is InChI=1S/C9H12ClN/c1-7(6-10)9-4-3-5-11-8(9)2/h3-5,7H,6H2,1-2H3/t7-/m0/s1. The summed E-state index contributed by atoms with van der Waals surface area (Å²) in [5.41, 5.74) is 2.34. The molecule has 1 atom stereocenters. The van der Waals surface area contributed by atoms with Crippen molar-refractivity contribution in [3.05, 3.63) is 29.6 Å². The smallest absolute Gasteiger partial charge is 0.0407 e. The van der Waals surface area contributed by atoms with E-state index < -0.39 is 0 Å². The van der Waals surface area contributed by atoms with Gasteiger partial charge in [0.2, 0.25) is 0 Å². The summed E-state index contributed by atoms with van der Waals surface area (Å²) in [5, 5.41) is 0. The number of alkyl halides is 1. The number of rotatable bonds is 2. The highest BCUT2D eigenvalue weighted by Gasteiger charge is 2.05. The highest BCUT2D eigenvalue weighted by molar-refractivity contribution is 6.18. The second-order valence-electron chi connectivity index (χ2n) is 2.73. The molecule has 0 unspecified atom stereocenters. The number of aromatic nitrogens is 1. The first kappa shape index (κ1) is 8.54. The Morgan fingerprint density at radius 2 is 2.36 bits per heavy atom. The van der Waals surface area contributed by atoms with E-state index in [4.69, 9.17) is 11.6 Å². The molecule has 0 aliphatic rings. The number of hydrogen-bond acceptors (Lipinski definition) is 1. The van der Waals surface area contributed by atoms with Gasteiger partial charge in [-0.1, -0.05) is 13.0 Å². The van der Waals surface area contributed by atoms with Crippen LogP contribution in [0.4, 0.5) is 0 Å². The Morgan fingerprint density at radius 3 is 2.91 bits per heavy atom. The van der Waals surface area contributed by atoms with Crippen LogP contribution in [-0.2, 0) is 0 Å². The van der Waals surface area contributed by atoms with Gasteiger partial charge in [-0.3, -0.25) is 4.98 Å². The zero-order valence-corrected chi connectivity index (χ0v) is 7.60. The highest BCUT2D eigenvalue weighted by Crippen LogP contribution is 2.18. The largest absolute Gasteiger partial charge is 0.261 e. The van der Waals surface area contributed by atoms with Crippen LogP contribution in [0.5, 0.6) is 0 Å². The molecule has 60 valence electrons. The lowest BCUT2D eigenvalue weighted by Gasteiger charge is -2.09. The third-order valence-electron chi connectivity index (χ3n) is 1.81. The summed E-state index contributed by atoms with van der Waals surface area (Å²) in [5.74, 6) is 1.07. The van der Waals surface area contributed by atoms with E-state index in [9.17, 15) is 0 Å². The average Bonchev–Trinajstić information content (AvgIpc) is 2.04. The van der Waals surface area contributed by atoms with Gasteiger partial charge in [0.05, 0.1) is 0 Å². The molecule has 0 fully saturated rings. The normalized spacial score (nSPS) is 13.0. The lowest BCUT2D eigenvalue weighted by atomic mass is 10.0. The maximum Gasteiger partial charge on any atom is 0.0407 e. The van der Waals surface area contributed by atoms with Gasteiger partial charge in [-0.15, -0.1) is 11.6 Å². The molecule has 0 N–H and O–H groups in total. The van der Waals surface area contributed by atoms with Gasteiger partial charge in [0.1, 0.15) is 0 Å². The highest BCUT2D eigenvalue weighted by atomic mass is 35.5. The van der Waals surface area contributed by atoms with Crippen molar-refractivity contribution < 1.29 is 0 Å². The van der Waals surface area contributed by atoms with E-state index in [1.54, 1.807) is 6.20 Å². The molecule has 11 heavy (non-hydrogen) atoms. The van der Waals surface area contributed by atoms with E-state index in [1.807, 2.05) is 13.0 Å². The van der Waals surface area contributed by atoms with Crippen LogP contribution in [0.15, 0.2) is 18.3 Å². The molecule has 0 radical (unpaired) electrons. The fraction of sp³-hybridized carbons (Fsp3) is 0.444. The van der Waals surface area contributed by atoms with E-state index in [-0.39, 0.29) is 0 Å². The molecule has 1 aromatic rings. The van der Waals surface area contributed by atoms with E-state index in [1.165, 1.54) is 5.56 Å². The molecule has 2 heteroatoms. The molecule has 0 amide bonds. The summed E-state index contributed by atoms with van der Waals surface area (Å²) in [4.78, 5) is 4.19. The minimum Gasteiger partial charge on any atom is -0.261 e. The van der Waals surface area contributed by atoms with E-state index in [0.717, 1.165) is 5.69 Å². The maximum atomic E-state index is 5.73. The molecule has 1 heterocycles. The number of aryl methyl sites for hydroxylation is 1. The van der Waals surface area contributed by atoms with E-state index >= 15 is 0 Å². The van der Waals surface area contributed by atoms with Gasteiger partial charge in [0.25, 0.3) is 0 Å². The Hall–Kier alpha value is -0.560. The van der Waals surface area contributed by atoms with Crippen LogP contribution in [0.1, 0.15) is 24.1 Å². The molecule has 1 aromatic heterocycles. The molecule has 0 bridgehead atoms. The molecule has 0 aliphatic heterocycles. The predicted molar refractivity (Wildman–Crippen MR) is 48.1 cm³/mol. The van der Waals surface area contributed by atoms with Gasteiger partial charge >= 0.3 is 0 Å². The van der Waals surface area contributed by atoms with Crippen LogP contribution in [-0.4, -0.2) is 10.9 Å². The summed E-state index contributed by atoms with van der Waals surface area (Å²) in [6.45, 7) is 4.12. The molecule has 1 nitrogen and oxygen atoms in total. The van der Waals surface area contributed by atoms with Crippen molar-refractivity contribution in [2.24, 2.45) is 0 Å². The molecule has 0 spiro atoms. The average molecular weight is 170 g/mol. The lowest BCUT2D eigenvalue weighted by Crippen LogP contribution is -1.98. The van der Waals surface area contributed by atoms with E-state index in [0.29, 0.717) is 11.8 Å². The zero-order valence-electron chi connectivity index (χ0n) is 6.84. The SMILES string of the molecule is Cc1ncccc1[C@@H](C)CCl. The number of pyridine rings is 1. The fourth-order valence-electron chi connectivity index (χ4n) is 1.10. The maximum absolute atomic E-state index is 5.73. The van der Waals surface area contributed by atoms with E-state index in [2.05, 4.69) is 18.0 Å². The Balaban J connectivity index is 2.93. The van der Waals surface area contributed by atoms with Crippen LogP contribution >= 0.6 is 11.6 Å². The Labute approximate surface area is 72.4 Å². The fourth-order valence-corrected chi connectivity index (χ4v) is 1.27. The van der Waals surface area contributed by atoms with Crippen molar-refractivity contribution in [2.75, 3.05) is 5.88 Å². The number of nitrogens with zero attached hydrogens (tertiary/aromatic N) is 1. The van der Waals surface area contributed by atoms with Crippen molar-refractivity contribution in [3.63, 3.8) is 0 Å². The molecule has 1 rings (SSSR count). The quantitative estimate of drug-likeness (QED) is 0.621. The molecular weight excluding hydrogens is 158 g/mol. The summed E-state index contributed by atoms with van der Waals surface area (Å²) in [6.07, 6.45) is 1.81. The predicted octanol–water partition coefficient (Wildman–Crippen LogP) is 2.73. The van der Waals surface area contributed by atoms with Gasteiger partial charge in [0.15, 0.2) is 0 Å². The summed E-state index contributed by atoms with van der Waals surface area (Å²) in [7, 11) is 0. The first-order valence-corrected chi connectivity index (χ1v) is 4.26. The molecular formula is C9H12ClN. The van der Waals surface area contributed by atoms with Crippen molar-refractivity contribution in [3.8, 4) is 0 Å². The summed E-state index contributed by atoms with van der Waals surface area (Å²) >= 11 is 5.73. The summed E-state index contributed by atoms with van der Waals surface area (Å²) < 4.78 is 0. The third-order valence-corrected chi connectivity index (χ3v) is 2.27. The minimum atomic E-state index is 0.408. The van der Waals surface area contributed by atoms with Crippen molar-refractivity contribution in [2.45, 2.75) is 19.8 Å². The van der Waals surface area contributed by atoms with Crippen LogP contribution in [0, 0.1) is 6.92 Å². The van der Waals surface area contributed by atoms with Crippen molar-refractivity contribution >= 4 is 11.6 Å². The Morgan fingerprint density at radius 1 is 1.64 bits per heavy atom. The van der Waals surface area contributed by atoms with Crippen molar-refractivity contribution in [1.29, 1.82) is 0 Å². The van der Waals surface area contributed by atoms with Crippen LogP contribution < -0.4 is 0 Å². The molecule has 0 aliphatic carbocycles. The molecule has 0 saturated carbocycles. The van der Waals surface area contributed by atoms with Crippen LogP contribution in [0.25, 0.3) is 0 Å². The zero-order chi connectivity index (χ0) is 8.27. The second-order valence-corrected chi connectivity index (χ2v) is 3.04. The van der Waals surface area contributed by atoms with Gasteiger partial charge in [-0.25, -0.2) is 0 Å². The Kier molecular flexibility index (Phi) is 2.89. The van der Waals surface area contributed by atoms with Crippen LogP contribution in [0.2, 0.25) is 0 Å². The third kappa shape index (κ3) is 1.93. The molecule has 0 aromatic carbocycles. The number of halogens is 1. The summed E-state index contributed by atoms with van der Waals surface area (Å²) in [6, 6.07) is 4.03. The lowest BCUT2D eigenvalue weighted by molar-refractivity contribution is 0.850.